The van der Waals surface area contributed by atoms with Crippen LogP contribution in [-0.2, 0) is 0 Å². The molecule has 32 heavy (non-hydrogen) atoms. The molecule has 0 aromatic heterocycles. The van der Waals surface area contributed by atoms with E-state index < -0.39 is 11.6 Å². The zero-order valence-electron chi connectivity index (χ0n) is 19.0. The van der Waals surface area contributed by atoms with Crippen molar-refractivity contribution in [3.63, 3.8) is 0 Å². The zero-order valence-corrected chi connectivity index (χ0v) is 19.0. The largest absolute Gasteiger partial charge is 0.494 e. The molecule has 0 fully saturated rings. The number of unbranched alkanes of at least 4 members (excludes halogenated alkanes) is 4. The third-order valence-electron chi connectivity index (χ3n) is 5.40. The van der Waals surface area contributed by atoms with Gasteiger partial charge in [-0.2, -0.15) is 0 Å². The summed E-state index contributed by atoms with van der Waals surface area (Å²) in [4.78, 5) is 0. The fourth-order valence-electron chi connectivity index (χ4n) is 3.57. The van der Waals surface area contributed by atoms with E-state index in [1.807, 2.05) is 19.1 Å². The van der Waals surface area contributed by atoms with Crippen molar-refractivity contribution in [1.82, 2.24) is 0 Å². The molecule has 0 saturated heterocycles. The molecule has 0 amide bonds. The molecule has 0 N–H and O–H groups in total. The molecule has 0 radical (unpaired) electrons. The van der Waals surface area contributed by atoms with Gasteiger partial charge < -0.3 is 9.47 Å². The summed E-state index contributed by atoms with van der Waals surface area (Å²) in [5, 5.41) is 0. The first-order chi connectivity index (χ1) is 15.6. The van der Waals surface area contributed by atoms with Crippen LogP contribution in [0, 0.1) is 11.6 Å². The minimum atomic E-state index is -0.850. The van der Waals surface area contributed by atoms with Gasteiger partial charge in [0.1, 0.15) is 11.5 Å². The summed E-state index contributed by atoms with van der Waals surface area (Å²) in [6.45, 7) is 5.52. The first-order valence-corrected chi connectivity index (χ1v) is 11.6. The van der Waals surface area contributed by atoms with Gasteiger partial charge in [0.2, 0.25) is 0 Å². The van der Waals surface area contributed by atoms with E-state index in [-0.39, 0.29) is 11.1 Å². The van der Waals surface area contributed by atoms with E-state index in [0.29, 0.717) is 24.3 Å². The van der Waals surface area contributed by atoms with Gasteiger partial charge in [0, 0.05) is 11.1 Å². The Morgan fingerprint density at radius 1 is 0.531 bits per heavy atom. The molecule has 2 nitrogen and oxygen atoms in total. The number of hydrogen-bond donors (Lipinski definition) is 0. The van der Waals surface area contributed by atoms with Crippen molar-refractivity contribution < 1.29 is 18.3 Å². The molecule has 0 bridgehead atoms. The average Bonchev–Trinajstić information content (AvgIpc) is 2.83. The summed E-state index contributed by atoms with van der Waals surface area (Å²) in [5.41, 5.74) is 1.70. The van der Waals surface area contributed by atoms with Gasteiger partial charge in [-0.15, -0.1) is 0 Å². The van der Waals surface area contributed by atoms with E-state index in [1.165, 1.54) is 19.3 Å². The predicted octanol–water partition coefficient (Wildman–Crippen LogP) is 8.44. The fraction of sp³-hybridized carbons (Fsp3) is 0.357. The van der Waals surface area contributed by atoms with Crippen LogP contribution in [0.4, 0.5) is 8.78 Å². The van der Waals surface area contributed by atoms with Crippen molar-refractivity contribution in [1.29, 1.82) is 0 Å². The quantitative estimate of drug-likeness (QED) is 0.264. The second kappa shape index (κ2) is 12.2. The van der Waals surface area contributed by atoms with E-state index in [2.05, 4.69) is 6.92 Å². The molecule has 0 unspecified atom stereocenters. The SMILES string of the molecule is CCCCCCCOc1ccc(-c2ccc(-c3ccc(OCCC)cc3)c(F)c2F)cc1. The van der Waals surface area contributed by atoms with Crippen LogP contribution >= 0.6 is 0 Å². The van der Waals surface area contributed by atoms with Gasteiger partial charge >= 0.3 is 0 Å². The van der Waals surface area contributed by atoms with E-state index >= 15 is 0 Å². The summed E-state index contributed by atoms with van der Waals surface area (Å²) in [5.74, 6) is -0.237. The number of hydrogen-bond acceptors (Lipinski definition) is 2. The summed E-state index contributed by atoms with van der Waals surface area (Å²) < 4.78 is 41.1. The fourth-order valence-corrected chi connectivity index (χ4v) is 3.57. The molecule has 3 aromatic rings. The Hall–Kier alpha value is -2.88. The van der Waals surface area contributed by atoms with Crippen LogP contribution in [0.5, 0.6) is 11.5 Å². The molecule has 0 heterocycles. The van der Waals surface area contributed by atoms with Crippen LogP contribution in [0.3, 0.4) is 0 Å². The van der Waals surface area contributed by atoms with Gasteiger partial charge in [-0.1, -0.05) is 75.9 Å². The third kappa shape index (κ3) is 6.32. The highest BCUT2D eigenvalue weighted by atomic mass is 19.2. The molecular weight excluding hydrogens is 406 g/mol. The van der Waals surface area contributed by atoms with Gasteiger partial charge in [-0.3, -0.25) is 0 Å². The topological polar surface area (TPSA) is 18.5 Å². The number of benzene rings is 3. The molecule has 4 heteroatoms. The number of ether oxygens (including phenoxy) is 2. The Morgan fingerprint density at radius 2 is 1.00 bits per heavy atom. The standard InChI is InChI=1S/C28H32F2O2/c1-3-5-6-7-8-20-32-24-15-11-22(12-16-24)26-18-17-25(27(29)28(26)30)21-9-13-23(14-10-21)31-19-4-2/h9-18H,3-8,19-20H2,1-2H3. The molecule has 0 saturated carbocycles. The summed E-state index contributed by atoms with van der Waals surface area (Å²) >= 11 is 0. The highest BCUT2D eigenvalue weighted by molar-refractivity contribution is 5.72. The second-order valence-electron chi connectivity index (χ2n) is 7.95. The first kappa shape index (κ1) is 23.8. The van der Waals surface area contributed by atoms with Crippen molar-refractivity contribution in [2.45, 2.75) is 52.4 Å². The minimum absolute atomic E-state index is 0.233. The van der Waals surface area contributed by atoms with Gasteiger partial charge in [0.15, 0.2) is 11.6 Å². The molecule has 0 aliphatic heterocycles. The van der Waals surface area contributed by atoms with E-state index in [1.54, 1.807) is 48.5 Å². The average molecular weight is 439 g/mol. The highest BCUT2D eigenvalue weighted by Crippen LogP contribution is 2.33. The monoisotopic (exact) mass is 438 g/mol. The normalized spacial score (nSPS) is 10.9. The van der Waals surface area contributed by atoms with Crippen LogP contribution in [-0.4, -0.2) is 13.2 Å². The van der Waals surface area contributed by atoms with Crippen LogP contribution in [0.25, 0.3) is 22.3 Å². The van der Waals surface area contributed by atoms with Crippen molar-refractivity contribution >= 4 is 0 Å². The summed E-state index contributed by atoms with van der Waals surface area (Å²) in [6, 6.07) is 17.4. The second-order valence-corrected chi connectivity index (χ2v) is 7.95. The predicted molar refractivity (Wildman–Crippen MR) is 127 cm³/mol. The van der Waals surface area contributed by atoms with Crippen LogP contribution in [0.2, 0.25) is 0 Å². The Balaban J connectivity index is 1.67. The lowest BCUT2D eigenvalue weighted by Gasteiger charge is -2.11. The van der Waals surface area contributed by atoms with Crippen LogP contribution < -0.4 is 9.47 Å². The van der Waals surface area contributed by atoms with E-state index in [9.17, 15) is 8.78 Å². The Labute approximate surface area is 190 Å². The highest BCUT2D eigenvalue weighted by Gasteiger charge is 2.16. The molecule has 0 atom stereocenters. The molecule has 0 spiro atoms. The maximum Gasteiger partial charge on any atom is 0.167 e. The zero-order chi connectivity index (χ0) is 22.8. The molecule has 0 aliphatic carbocycles. The molecule has 0 aliphatic rings. The maximum atomic E-state index is 14.9. The maximum absolute atomic E-state index is 14.9. The van der Waals surface area contributed by atoms with Crippen LogP contribution in [0.1, 0.15) is 52.4 Å². The van der Waals surface area contributed by atoms with Gasteiger partial charge in [-0.25, -0.2) is 8.78 Å². The van der Waals surface area contributed by atoms with Crippen molar-refractivity contribution in [3.8, 4) is 33.8 Å². The lowest BCUT2D eigenvalue weighted by atomic mass is 9.98. The summed E-state index contributed by atoms with van der Waals surface area (Å²) in [7, 11) is 0. The van der Waals surface area contributed by atoms with Crippen LogP contribution in [0.15, 0.2) is 60.7 Å². The third-order valence-corrected chi connectivity index (χ3v) is 5.40. The molecule has 3 rings (SSSR count). The first-order valence-electron chi connectivity index (χ1n) is 11.6. The van der Waals surface area contributed by atoms with Crippen molar-refractivity contribution in [2.24, 2.45) is 0 Å². The Morgan fingerprint density at radius 3 is 1.47 bits per heavy atom. The van der Waals surface area contributed by atoms with E-state index in [0.717, 1.165) is 30.8 Å². The Kier molecular flexibility index (Phi) is 9.09. The van der Waals surface area contributed by atoms with Gasteiger partial charge in [-0.05, 0) is 48.2 Å². The van der Waals surface area contributed by atoms with Gasteiger partial charge in [0.25, 0.3) is 0 Å². The Bertz CT molecular complexity index is 966. The lowest BCUT2D eigenvalue weighted by molar-refractivity contribution is 0.304. The molecular formula is C28H32F2O2. The van der Waals surface area contributed by atoms with Gasteiger partial charge in [0.05, 0.1) is 13.2 Å². The lowest BCUT2D eigenvalue weighted by Crippen LogP contribution is -1.98. The van der Waals surface area contributed by atoms with Crippen molar-refractivity contribution in [3.05, 3.63) is 72.3 Å². The number of halogens is 2. The molecule has 3 aromatic carbocycles. The van der Waals surface area contributed by atoms with Crippen molar-refractivity contribution in [2.75, 3.05) is 13.2 Å². The van der Waals surface area contributed by atoms with E-state index in [4.69, 9.17) is 9.47 Å². The molecule has 170 valence electrons. The number of rotatable bonds is 12. The smallest absolute Gasteiger partial charge is 0.167 e. The minimum Gasteiger partial charge on any atom is -0.494 e. The summed E-state index contributed by atoms with van der Waals surface area (Å²) in [6.07, 6.45) is 6.81.